The second-order valence-corrected chi connectivity index (χ2v) is 5.54. The van der Waals surface area contributed by atoms with E-state index in [1.807, 2.05) is 12.1 Å². The summed E-state index contributed by atoms with van der Waals surface area (Å²) in [6.07, 6.45) is 7.24. The van der Waals surface area contributed by atoms with Gasteiger partial charge in [0.25, 0.3) is 0 Å². The first-order chi connectivity index (χ1) is 10.6. The molecule has 0 aliphatic heterocycles. The second kappa shape index (κ2) is 10.1. The van der Waals surface area contributed by atoms with Crippen LogP contribution >= 0.6 is 0 Å². The zero-order valence-corrected chi connectivity index (χ0v) is 13.5. The van der Waals surface area contributed by atoms with Gasteiger partial charge in [0, 0.05) is 6.92 Å². The van der Waals surface area contributed by atoms with Crippen LogP contribution in [0, 0.1) is 0 Å². The molecular formula is C18H27NO3. The zero-order chi connectivity index (χ0) is 16.4. The number of carbonyl (C=O) groups is 1. The molecule has 3 N–H and O–H groups in total. The van der Waals surface area contributed by atoms with E-state index in [1.54, 1.807) is 12.2 Å². The molecule has 22 heavy (non-hydrogen) atoms. The Balaban J connectivity index is 2.55. The lowest BCUT2D eigenvalue weighted by molar-refractivity contribution is -0.120. The van der Waals surface area contributed by atoms with Crippen LogP contribution < -0.4 is 5.32 Å². The normalized spacial score (nSPS) is 14.0. The van der Waals surface area contributed by atoms with Crippen LogP contribution in [0.1, 0.15) is 44.2 Å². The summed E-state index contributed by atoms with van der Waals surface area (Å²) in [6.45, 7) is 3.25. The summed E-state index contributed by atoms with van der Waals surface area (Å²) in [5.74, 6) is -0.275. The first-order valence-corrected chi connectivity index (χ1v) is 7.90. The molecule has 0 saturated heterocycles. The lowest BCUT2D eigenvalue weighted by atomic mass is 10.0. The number of aliphatic hydroxyl groups excluding tert-OH is 2. The molecule has 0 heterocycles. The zero-order valence-electron chi connectivity index (χ0n) is 13.5. The Hall–Kier alpha value is -1.65. The van der Waals surface area contributed by atoms with Gasteiger partial charge in [0.15, 0.2) is 0 Å². The fourth-order valence-electron chi connectivity index (χ4n) is 2.22. The number of carbonyl (C=O) groups excluding carboxylic acids is 1. The molecule has 2 atom stereocenters. The van der Waals surface area contributed by atoms with Crippen LogP contribution in [-0.4, -0.2) is 34.9 Å². The summed E-state index contributed by atoms with van der Waals surface area (Å²) >= 11 is 0. The van der Waals surface area contributed by atoms with E-state index in [-0.39, 0.29) is 12.5 Å². The first kappa shape index (κ1) is 18.4. The van der Waals surface area contributed by atoms with Crippen LogP contribution in [0.5, 0.6) is 0 Å². The van der Waals surface area contributed by atoms with E-state index in [0.29, 0.717) is 0 Å². The standard InChI is InChI=1S/C18H27NO3/c1-3-4-5-6-15-7-9-16(10-8-15)11-12-18(22)17(13-20)19-14(2)21/h7-12,17-18,20,22H,3-6,13H2,1-2H3,(H,19,21)/t17-,18+/m1/s1. The average Bonchev–Trinajstić information content (AvgIpc) is 2.51. The smallest absolute Gasteiger partial charge is 0.217 e. The molecule has 0 radical (unpaired) electrons. The maximum atomic E-state index is 11.0. The minimum absolute atomic E-state index is 0.275. The van der Waals surface area contributed by atoms with E-state index < -0.39 is 12.1 Å². The number of hydrogen-bond acceptors (Lipinski definition) is 3. The molecule has 1 amide bonds. The number of aryl methyl sites for hydroxylation is 1. The van der Waals surface area contributed by atoms with Gasteiger partial charge >= 0.3 is 0 Å². The topological polar surface area (TPSA) is 69.6 Å². The minimum Gasteiger partial charge on any atom is -0.394 e. The van der Waals surface area contributed by atoms with Gasteiger partial charge in [0.05, 0.1) is 18.8 Å². The number of nitrogens with one attached hydrogen (secondary N) is 1. The summed E-state index contributed by atoms with van der Waals surface area (Å²) in [7, 11) is 0. The number of hydrogen-bond donors (Lipinski definition) is 3. The van der Waals surface area contributed by atoms with Gasteiger partial charge < -0.3 is 15.5 Å². The molecule has 0 aromatic heterocycles. The van der Waals surface area contributed by atoms with Crippen molar-refractivity contribution in [1.29, 1.82) is 0 Å². The molecule has 0 fully saturated rings. The fourth-order valence-corrected chi connectivity index (χ4v) is 2.22. The van der Waals surface area contributed by atoms with Crippen molar-refractivity contribution in [3.8, 4) is 0 Å². The van der Waals surface area contributed by atoms with Crippen molar-refractivity contribution in [2.75, 3.05) is 6.61 Å². The molecule has 0 aliphatic carbocycles. The minimum atomic E-state index is -0.918. The van der Waals surface area contributed by atoms with Gasteiger partial charge in [-0.05, 0) is 24.0 Å². The molecular weight excluding hydrogens is 278 g/mol. The summed E-state index contributed by atoms with van der Waals surface area (Å²) in [6, 6.07) is 7.54. The number of rotatable bonds is 9. The molecule has 1 rings (SSSR count). The molecule has 4 heteroatoms. The molecule has 122 valence electrons. The number of amides is 1. The van der Waals surface area contributed by atoms with Crippen molar-refractivity contribution in [1.82, 2.24) is 5.32 Å². The third kappa shape index (κ3) is 6.87. The van der Waals surface area contributed by atoms with Crippen LogP contribution in [0.4, 0.5) is 0 Å². The van der Waals surface area contributed by atoms with Crippen molar-refractivity contribution >= 4 is 12.0 Å². The maximum absolute atomic E-state index is 11.0. The van der Waals surface area contributed by atoms with E-state index in [0.717, 1.165) is 12.0 Å². The highest BCUT2D eigenvalue weighted by Crippen LogP contribution is 2.11. The SMILES string of the molecule is CCCCCc1ccc(C=C[C@H](O)[C@@H](CO)NC(C)=O)cc1. The van der Waals surface area contributed by atoms with Gasteiger partial charge in [-0.1, -0.05) is 56.2 Å². The van der Waals surface area contributed by atoms with Crippen molar-refractivity contribution in [3.05, 3.63) is 41.5 Å². The van der Waals surface area contributed by atoms with Crippen LogP contribution in [-0.2, 0) is 11.2 Å². The molecule has 1 aromatic rings. The van der Waals surface area contributed by atoms with Gasteiger partial charge in [-0.2, -0.15) is 0 Å². The Bertz CT molecular complexity index is 468. The van der Waals surface area contributed by atoms with E-state index >= 15 is 0 Å². The quantitative estimate of drug-likeness (QED) is 0.613. The highest BCUT2D eigenvalue weighted by molar-refractivity contribution is 5.73. The lowest BCUT2D eigenvalue weighted by Gasteiger charge is -2.18. The molecule has 0 saturated carbocycles. The summed E-state index contributed by atoms with van der Waals surface area (Å²) < 4.78 is 0. The summed E-state index contributed by atoms with van der Waals surface area (Å²) in [5.41, 5.74) is 2.30. The molecule has 0 unspecified atom stereocenters. The Morgan fingerprint density at radius 1 is 1.27 bits per heavy atom. The fraction of sp³-hybridized carbons (Fsp3) is 0.500. The van der Waals surface area contributed by atoms with E-state index in [9.17, 15) is 15.0 Å². The molecule has 4 nitrogen and oxygen atoms in total. The predicted molar refractivity (Wildman–Crippen MR) is 89.4 cm³/mol. The van der Waals surface area contributed by atoms with E-state index in [4.69, 9.17) is 0 Å². The molecule has 0 bridgehead atoms. The van der Waals surface area contributed by atoms with Crippen molar-refractivity contribution in [3.63, 3.8) is 0 Å². The second-order valence-electron chi connectivity index (χ2n) is 5.54. The van der Waals surface area contributed by atoms with E-state index in [2.05, 4.69) is 24.4 Å². The molecule has 0 spiro atoms. The summed E-state index contributed by atoms with van der Waals surface area (Å²) in [5, 5.41) is 21.6. The largest absolute Gasteiger partial charge is 0.394 e. The predicted octanol–water partition coefficient (Wildman–Crippen LogP) is 2.29. The van der Waals surface area contributed by atoms with Gasteiger partial charge in [-0.25, -0.2) is 0 Å². The third-order valence-corrected chi connectivity index (χ3v) is 3.53. The van der Waals surface area contributed by atoms with Crippen LogP contribution in [0.25, 0.3) is 6.08 Å². The lowest BCUT2D eigenvalue weighted by Crippen LogP contribution is -2.44. The number of unbranched alkanes of at least 4 members (excludes halogenated alkanes) is 2. The van der Waals surface area contributed by atoms with E-state index in [1.165, 1.54) is 31.7 Å². The average molecular weight is 305 g/mol. The Morgan fingerprint density at radius 2 is 1.95 bits per heavy atom. The monoisotopic (exact) mass is 305 g/mol. The van der Waals surface area contributed by atoms with Crippen LogP contribution in [0.2, 0.25) is 0 Å². The number of aliphatic hydroxyl groups is 2. The Labute approximate surface area is 132 Å². The van der Waals surface area contributed by atoms with Crippen molar-refractivity contribution in [2.45, 2.75) is 51.7 Å². The highest BCUT2D eigenvalue weighted by Gasteiger charge is 2.16. The molecule has 0 aliphatic rings. The van der Waals surface area contributed by atoms with Crippen molar-refractivity contribution < 1.29 is 15.0 Å². The summed E-state index contributed by atoms with van der Waals surface area (Å²) in [4.78, 5) is 11.0. The van der Waals surface area contributed by atoms with Crippen molar-refractivity contribution in [2.24, 2.45) is 0 Å². The van der Waals surface area contributed by atoms with Gasteiger partial charge in [-0.3, -0.25) is 4.79 Å². The Kier molecular flexibility index (Phi) is 8.48. The van der Waals surface area contributed by atoms with Gasteiger partial charge in [-0.15, -0.1) is 0 Å². The van der Waals surface area contributed by atoms with Gasteiger partial charge in [0.1, 0.15) is 0 Å². The van der Waals surface area contributed by atoms with Crippen LogP contribution in [0.3, 0.4) is 0 Å². The van der Waals surface area contributed by atoms with Gasteiger partial charge in [0.2, 0.25) is 5.91 Å². The maximum Gasteiger partial charge on any atom is 0.217 e. The molecule has 1 aromatic carbocycles. The first-order valence-electron chi connectivity index (χ1n) is 7.90. The highest BCUT2D eigenvalue weighted by atomic mass is 16.3. The Morgan fingerprint density at radius 3 is 2.50 bits per heavy atom. The van der Waals surface area contributed by atoms with Crippen LogP contribution in [0.15, 0.2) is 30.3 Å². The number of benzene rings is 1. The third-order valence-electron chi connectivity index (χ3n) is 3.53.